The van der Waals surface area contributed by atoms with E-state index in [1.54, 1.807) is 7.05 Å². The normalized spacial score (nSPS) is 11.4. The fourth-order valence-electron chi connectivity index (χ4n) is 1.17. The molecule has 0 amide bonds. The first-order valence-electron chi connectivity index (χ1n) is 4.86. The first-order valence-corrected chi connectivity index (χ1v) is 6.51. The van der Waals surface area contributed by atoms with Crippen molar-refractivity contribution in [2.45, 2.75) is 6.92 Å². The van der Waals surface area contributed by atoms with E-state index in [0.717, 1.165) is 0 Å². The van der Waals surface area contributed by atoms with Gasteiger partial charge in [-0.05, 0) is 26.1 Å². The molecular weight excluding hydrogens is 231 g/mol. The topological polar surface area (TPSA) is 58.2 Å². The molecule has 16 heavy (non-hydrogen) atoms. The number of anilines is 1. The molecule has 1 rings (SSSR count). The Balaban J connectivity index is 2.84. The minimum Gasteiger partial charge on any atom is -0.319 e. The smallest absolute Gasteiger partial charge is 0.233 e. The maximum Gasteiger partial charge on any atom is 0.233 e. The Kier molecular flexibility index (Phi) is 4.26. The Bertz CT molecular complexity index is 460. The molecule has 0 saturated heterocycles. The molecule has 0 saturated carbocycles. The van der Waals surface area contributed by atoms with Crippen LogP contribution in [-0.4, -0.2) is 27.8 Å². The highest BCUT2D eigenvalue weighted by Gasteiger charge is 2.12. The molecular formula is C10H15FN2O2S. The maximum absolute atomic E-state index is 13.2. The van der Waals surface area contributed by atoms with Gasteiger partial charge in [-0.25, -0.2) is 12.8 Å². The van der Waals surface area contributed by atoms with Crippen LogP contribution >= 0.6 is 0 Å². The van der Waals surface area contributed by atoms with Crippen molar-refractivity contribution in [3.05, 3.63) is 29.6 Å². The van der Waals surface area contributed by atoms with Crippen LogP contribution < -0.4 is 10.0 Å². The standard InChI is InChI=1S/C10H15FN2O2S/c1-8-9(11)4-3-5-10(8)13-16(14,15)7-6-12-2/h3-5,12-13H,6-7H2,1-2H3. The lowest BCUT2D eigenvalue weighted by atomic mass is 10.2. The molecule has 0 aliphatic rings. The van der Waals surface area contributed by atoms with Gasteiger partial charge in [0.25, 0.3) is 0 Å². The molecule has 0 aliphatic carbocycles. The highest BCUT2D eigenvalue weighted by atomic mass is 32.2. The molecule has 0 aromatic heterocycles. The number of benzene rings is 1. The third-order valence-corrected chi connectivity index (χ3v) is 3.43. The first-order chi connectivity index (χ1) is 7.46. The van der Waals surface area contributed by atoms with E-state index >= 15 is 0 Å². The molecule has 90 valence electrons. The van der Waals surface area contributed by atoms with Crippen LogP contribution in [-0.2, 0) is 10.0 Å². The monoisotopic (exact) mass is 246 g/mol. The van der Waals surface area contributed by atoms with Gasteiger partial charge in [0.05, 0.1) is 11.4 Å². The van der Waals surface area contributed by atoms with E-state index < -0.39 is 15.8 Å². The second-order valence-corrected chi connectivity index (χ2v) is 5.28. The summed E-state index contributed by atoms with van der Waals surface area (Å²) in [5.74, 6) is -0.465. The number of halogens is 1. The van der Waals surface area contributed by atoms with Gasteiger partial charge in [0.15, 0.2) is 0 Å². The van der Waals surface area contributed by atoms with E-state index in [-0.39, 0.29) is 11.4 Å². The van der Waals surface area contributed by atoms with E-state index in [4.69, 9.17) is 0 Å². The molecule has 6 heteroatoms. The summed E-state index contributed by atoms with van der Waals surface area (Å²) in [5, 5.41) is 2.74. The zero-order valence-corrected chi connectivity index (χ0v) is 10.1. The fraction of sp³-hybridized carbons (Fsp3) is 0.400. The molecule has 0 atom stereocenters. The van der Waals surface area contributed by atoms with Gasteiger partial charge < -0.3 is 5.32 Å². The number of hydrogen-bond donors (Lipinski definition) is 2. The highest BCUT2D eigenvalue weighted by molar-refractivity contribution is 7.92. The SMILES string of the molecule is CNCCS(=O)(=O)Nc1cccc(F)c1C. The van der Waals surface area contributed by atoms with Gasteiger partial charge in [0, 0.05) is 12.1 Å². The number of nitrogens with one attached hydrogen (secondary N) is 2. The molecule has 1 aromatic carbocycles. The van der Waals surface area contributed by atoms with Crippen LogP contribution in [0, 0.1) is 12.7 Å². The molecule has 4 nitrogen and oxygen atoms in total. The van der Waals surface area contributed by atoms with E-state index in [0.29, 0.717) is 12.1 Å². The Morgan fingerprint density at radius 1 is 1.38 bits per heavy atom. The summed E-state index contributed by atoms with van der Waals surface area (Å²) in [4.78, 5) is 0. The zero-order chi connectivity index (χ0) is 12.2. The van der Waals surface area contributed by atoms with Crippen LogP contribution in [0.3, 0.4) is 0 Å². The third kappa shape index (κ3) is 3.46. The molecule has 0 bridgehead atoms. The number of rotatable bonds is 5. The van der Waals surface area contributed by atoms with Crippen LogP contribution in [0.2, 0.25) is 0 Å². The van der Waals surface area contributed by atoms with Gasteiger partial charge in [0.1, 0.15) is 5.82 Å². The van der Waals surface area contributed by atoms with Crippen LogP contribution in [0.1, 0.15) is 5.56 Å². The Labute approximate surface area is 94.9 Å². The van der Waals surface area contributed by atoms with E-state index in [2.05, 4.69) is 10.0 Å². The minimum absolute atomic E-state index is 0.0422. The van der Waals surface area contributed by atoms with Crippen molar-refractivity contribution >= 4 is 15.7 Å². The average Bonchev–Trinajstić information content (AvgIpc) is 2.22. The fourth-order valence-corrected chi connectivity index (χ4v) is 2.30. The van der Waals surface area contributed by atoms with Crippen LogP contribution in [0.15, 0.2) is 18.2 Å². The van der Waals surface area contributed by atoms with E-state index in [1.807, 2.05) is 0 Å². The summed E-state index contributed by atoms with van der Waals surface area (Å²) in [6.07, 6.45) is 0. The van der Waals surface area contributed by atoms with E-state index in [1.165, 1.54) is 25.1 Å². The Morgan fingerprint density at radius 2 is 2.06 bits per heavy atom. The molecule has 0 spiro atoms. The van der Waals surface area contributed by atoms with Crippen molar-refractivity contribution in [3.8, 4) is 0 Å². The van der Waals surface area contributed by atoms with Gasteiger partial charge in [-0.3, -0.25) is 4.72 Å². The van der Waals surface area contributed by atoms with Crippen LogP contribution in [0.25, 0.3) is 0 Å². The van der Waals surface area contributed by atoms with Gasteiger partial charge in [-0.2, -0.15) is 0 Å². The lowest BCUT2D eigenvalue weighted by Gasteiger charge is -2.10. The minimum atomic E-state index is -3.42. The molecule has 2 N–H and O–H groups in total. The average molecular weight is 246 g/mol. The Hall–Kier alpha value is -1.14. The lowest BCUT2D eigenvalue weighted by molar-refractivity contribution is 0.598. The summed E-state index contributed by atoms with van der Waals surface area (Å²) < 4.78 is 38.6. The Morgan fingerprint density at radius 3 is 2.69 bits per heavy atom. The second-order valence-electron chi connectivity index (χ2n) is 3.44. The molecule has 0 fully saturated rings. The summed E-state index contributed by atoms with van der Waals surface area (Å²) in [6.45, 7) is 1.88. The summed E-state index contributed by atoms with van der Waals surface area (Å²) in [5.41, 5.74) is 0.589. The van der Waals surface area contributed by atoms with Gasteiger partial charge in [-0.1, -0.05) is 6.07 Å². The van der Waals surface area contributed by atoms with Crippen molar-refractivity contribution in [1.82, 2.24) is 5.32 Å². The van der Waals surface area contributed by atoms with Gasteiger partial charge in [-0.15, -0.1) is 0 Å². The zero-order valence-electron chi connectivity index (χ0n) is 9.25. The molecule has 1 aromatic rings. The van der Waals surface area contributed by atoms with Crippen molar-refractivity contribution in [2.75, 3.05) is 24.1 Å². The highest BCUT2D eigenvalue weighted by Crippen LogP contribution is 2.18. The predicted octanol–water partition coefficient (Wildman–Crippen LogP) is 1.10. The van der Waals surface area contributed by atoms with Crippen LogP contribution in [0.4, 0.5) is 10.1 Å². The second kappa shape index (κ2) is 5.27. The summed E-state index contributed by atoms with van der Waals surface area (Å²) >= 11 is 0. The lowest BCUT2D eigenvalue weighted by Crippen LogP contribution is -2.24. The van der Waals surface area contributed by atoms with Gasteiger partial charge in [0.2, 0.25) is 10.0 Å². The van der Waals surface area contributed by atoms with Crippen molar-refractivity contribution in [1.29, 1.82) is 0 Å². The molecule has 0 aliphatic heterocycles. The summed E-state index contributed by atoms with van der Waals surface area (Å²) in [6, 6.07) is 4.30. The molecule has 0 unspecified atom stereocenters. The quantitative estimate of drug-likeness (QED) is 0.818. The molecule has 0 heterocycles. The van der Waals surface area contributed by atoms with Crippen molar-refractivity contribution in [3.63, 3.8) is 0 Å². The van der Waals surface area contributed by atoms with Crippen molar-refractivity contribution in [2.24, 2.45) is 0 Å². The third-order valence-electron chi connectivity index (χ3n) is 2.15. The summed E-state index contributed by atoms with van der Waals surface area (Å²) in [7, 11) is -1.75. The van der Waals surface area contributed by atoms with Gasteiger partial charge >= 0.3 is 0 Å². The largest absolute Gasteiger partial charge is 0.319 e. The first kappa shape index (κ1) is 12.9. The maximum atomic E-state index is 13.2. The molecule has 0 radical (unpaired) electrons. The predicted molar refractivity (Wildman–Crippen MR) is 62.5 cm³/mol. The van der Waals surface area contributed by atoms with Crippen LogP contribution in [0.5, 0.6) is 0 Å². The van der Waals surface area contributed by atoms with Crippen molar-refractivity contribution < 1.29 is 12.8 Å². The number of sulfonamides is 1. The van der Waals surface area contributed by atoms with E-state index in [9.17, 15) is 12.8 Å². The number of hydrogen-bond acceptors (Lipinski definition) is 3.